The predicted octanol–water partition coefficient (Wildman–Crippen LogP) is 9.41. The molecule has 0 bridgehead atoms. The van der Waals surface area contributed by atoms with Gasteiger partial charge in [-0.15, -0.1) is 22.7 Å². The molecule has 0 saturated heterocycles. The number of benzene rings is 6. The zero-order valence-corrected chi connectivity index (χ0v) is 24.7. The Morgan fingerprint density at radius 3 is 1.39 bits per heavy atom. The van der Waals surface area contributed by atoms with Crippen molar-refractivity contribution in [2.75, 3.05) is 0 Å². The molecular weight excluding hydrogens is 585 g/mol. The summed E-state index contributed by atoms with van der Waals surface area (Å²) in [4.78, 5) is 9.53. The molecule has 0 amide bonds. The van der Waals surface area contributed by atoms with Gasteiger partial charge in [0.2, 0.25) is 0 Å². The van der Waals surface area contributed by atoms with E-state index < -0.39 is 0 Å². The van der Waals surface area contributed by atoms with Gasteiger partial charge < -0.3 is 10.2 Å². The van der Waals surface area contributed by atoms with Crippen LogP contribution in [0.15, 0.2) is 119 Å². The first-order valence-electron chi connectivity index (χ1n) is 13.9. The topological polar surface area (TPSA) is 91.0 Å². The number of aromatic nitrogens is 2. The van der Waals surface area contributed by atoms with E-state index >= 15 is 0 Å². The maximum atomic E-state index is 11.5. The molecule has 0 spiro atoms. The quantitative estimate of drug-likeness (QED) is 0.151. The van der Waals surface area contributed by atoms with Crippen molar-refractivity contribution in [3.8, 4) is 32.6 Å². The van der Waals surface area contributed by atoms with Gasteiger partial charge in [0.25, 0.3) is 0 Å². The molecule has 0 aliphatic rings. The molecule has 8 heteroatoms. The molecule has 0 fully saturated rings. The molecule has 6 nitrogen and oxygen atoms in total. The minimum absolute atomic E-state index is 0.0906. The van der Waals surface area contributed by atoms with E-state index in [0.29, 0.717) is 22.3 Å². The molecule has 0 aliphatic carbocycles. The van der Waals surface area contributed by atoms with Gasteiger partial charge in [0.1, 0.15) is 21.5 Å². The number of para-hydroxylation sites is 2. The van der Waals surface area contributed by atoms with E-state index in [9.17, 15) is 10.2 Å². The standard InChI is InChI=1S/C36H22N4O2S2/c41-33-25(35-39-29-13-5-7-15-31(29)43-35)17-21-9-1-3-11-23(21)27(33)19-37-38-20-28-24-12-4-2-10-22(24)18-26(34(28)42)36-40-30-14-6-8-16-32(30)44-36/h1-20,41-42H/b37-19+,38-20+. The molecule has 8 rings (SSSR count). The number of aromatic hydroxyl groups is 2. The maximum Gasteiger partial charge on any atom is 0.135 e. The number of hydrogen-bond acceptors (Lipinski definition) is 8. The first-order valence-corrected chi connectivity index (χ1v) is 15.5. The first kappa shape index (κ1) is 26.2. The van der Waals surface area contributed by atoms with Crippen molar-refractivity contribution in [1.29, 1.82) is 0 Å². The van der Waals surface area contributed by atoms with Gasteiger partial charge in [0.15, 0.2) is 0 Å². The Bertz CT molecular complexity index is 2200. The fraction of sp³-hybridized carbons (Fsp3) is 0. The highest BCUT2D eigenvalue weighted by molar-refractivity contribution is 7.22. The Balaban J connectivity index is 1.22. The van der Waals surface area contributed by atoms with Gasteiger partial charge in [0, 0.05) is 11.1 Å². The van der Waals surface area contributed by atoms with Crippen molar-refractivity contribution in [2.24, 2.45) is 10.2 Å². The number of nitrogens with zero attached hydrogens (tertiary/aromatic N) is 4. The minimum Gasteiger partial charge on any atom is -0.507 e. The van der Waals surface area contributed by atoms with Gasteiger partial charge in [-0.3, -0.25) is 0 Å². The summed E-state index contributed by atoms with van der Waals surface area (Å²) in [6.07, 6.45) is 3.11. The third-order valence-corrected chi connectivity index (χ3v) is 9.75. The van der Waals surface area contributed by atoms with Crippen LogP contribution in [0.4, 0.5) is 0 Å². The second-order valence-corrected chi connectivity index (χ2v) is 12.3. The van der Waals surface area contributed by atoms with Gasteiger partial charge in [-0.05, 0) is 57.9 Å². The molecule has 2 N–H and O–H groups in total. The summed E-state index contributed by atoms with van der Waals surface area (Å²) in [5.41, 5.74) is 4.16. The molecule has 8 aromatic rings. The fourth-order valence-electron chi connectivity index (χ4n) is 5.47. The van der Waals surface area contributed by atoms with Crippen LogP contribution in [-0.4, -0.2) is 32.6 Å². The molecule has 0 aliphatic heterocycles. The second-order valence-electron chi connectivity index (χ2n) is 10.3. The zero-order valence-electron chi connectivity index (χ0n) is 23.0. The number of phenolic OH excluding ortho intramolecular Hbond substituents is 2. The Hall–Kier alpha value is -5.44. The Morgan fingerprint density at radius 2 is 0.932 bits per heavy atom. The molecular formula is C36H22N4O2S2. The second kappa shape index (κ2) is 10.7. The molecule has 2 aromatic heterocycles. The van der Waals surface area contributed by atoms with Crippen LogP contribution in [0.5, 0.6) is 11.5 Å². The van der Waals surface area contributed by atoms with Crippen LogP contribution < -0.4 is 0 Å². The summed E-state index contributed by atoms with van der Waals surface area (Å²) in [6.45, 7) is 0. The highest BCUT2D eigenvalue weighted by atomic mass is 32.1. The van der Waals surface area contributed by atoms with Crippen LogP contribution in [0.1, 0.15) is 11.1 Å². The van der Waals surface area contributed by atoms with Crippen molar-refractivity contribution in [3.05, 3.63) is 120 Å². The molecule has 0 saturated carbocycles. The summed E-state index contributed by atoms with van der Waals surface area (Å²) < 4.78 is 2.10. The van der Waals surface area contributed by atoms with E-state index in [1.807, 2.05) is 109 Å². The number of rotatable bonds is 5. The van der Waals surface area contributed by atoms with Crippen LogP contribution in [-0.2, 0) is 0 Å². The molecule has 6 aromatic carbocycles. The third kappa shape index (κ3) is 4.48. The normalized spacial score (nSPS) is 12.1. The van der Waals surface area contributed by atoms with Crippen molar-refractivity contribution in [1.82, 2.24) is 9.97 Å². The Morgan fingerprint density at radius 1 is 0.523 bits per heavy atom. The molecule has 2 heterocycles. The van der Waals surface area contributed by atoms with Crippen molar-refractivity contribution in [3.63, 3.8) is 0 Å². The van der Waals surface area contributed by atoms with Crippen molar-refractivity contribution < 1.29 is 10.2 Å². The summed E-state index contributed by atoms with van der Waals surface area (Å²) >= 11 is 3.07. The highest BCUT2D eigenvalue weighted by Crippen LogP contribution is 2.41. The number of thiazole rings is 2. The van der Waals surface area contributed by atoms with E-state index in [1.54, 1.807) is 12.4 Å². The monoisotopic (exact) mass is 606 g/mol. The summed E-state index contributed by atoms with van der Waals surface area (Å²) in [7, 11) is 0. The van der Waals surface area contributed by atoms with Crippen molar-refractivity contribution >= 4 is 77.1 Å². The lowest BCUT2D eigenvalue weighted by Gasteiger charge is -2.10. The largest absolute Gasteiger partial charge is 0.507 e. The Kier molecular flexibility index (Phi) is 6.36. The lowest BCUT2D eigenvalue weighted by molar-refractivity contribution is 0.476. The molecule has 0 unspecified atom stereocenters. The SMILES string of the molecule is Oc1c(-c2nc3ccccc3s2)cc2ccccc2c1/C=N/N=C/c1c(O)c(-c2nc3ccccc3s2)cc2ccccc12. The van der Waals surface area contributed by atoms with E-state index in [-0.39, 0.29) is 11.5 Å². The average Bonchev–Trinajstić information content (AvgIpc) is 3.69. The van der Waals surface area contributed by atoms with E-state index in [1.165, 1.54) is 22.7 Å². The maximum absolute atomic E-state index is 11.5. The summed E-state index contributed by atoms with van der Waals surface area (Å²) in [5, 5.41) is 36.7. The number of fused-ring (bicyclic) bond motifs is 4. The van der Waals surface area contributed by atoms with E-state index in [4.69, 9.17) is 9.97 Å². The average molecular weight is 607 g/mol. The van der Waals surface area contributed by atoms with Gasteiger partial charge in [0.05, 0.1) is 44.0 Å². The summed E-state index contributed by atoms with van der Waals surface area (Å²) in [6, 6.07) is 35.5. The lowest BCUT2D eigenvalue weighted by atomic mass is 10.00. The molecule has 210 valence electrons. The minimum atomic E-state index is 0.0906. The van der Waals surface area contributed by atoms with Crippen molar-refractivity contribution in [2.45, 2.75) is 0 Å². The van der Waals surface area contributed by atoms with Crippen LogP contribution in [0, 0.1) is 0 Å². The van der Waals surface area contributed by atoms with Gasteiger partial charge in [-0.2, -0.15) is 10.2 Å². The zero-order chi connectivity index (χ0) is 29.6. The van der Waals surface area contributed by atoms with Gasteiger partial charge >= 0.3 is 0 Å². The fourth-order valence-corrected chi connectivity index (χ4v) is 7.44. The van der Waals surface area contributed by atoms with Gasteiger partial charge in [-0.1, -0.05) is 72.8 Å². The van der Waals surface area contributed by atoms with E-state index in [0.717, 1.165) is 52.0 Å². The van der Waals surface area contributed by atoms with Crippen LogP contribution >= 0.6 is 22.7 Å². The first-order chi connectivity index (χ1) is 21.6. The van der Waals surface area contributed by atoms with Crippen LogP contribution in [0.3, 0.4) is 0 Å². The smallest absolute Gasteiger partial charge is 0.135 e. The number of hydrogen-bond donors (Lipinski definition) is 2. The van der Waals surface area contributed by atoms with Crippen LogP contribution in [0.2, 0.25) is 0 Å². The molecule has 0 radical (unpaired) electrons. The third-order valence-electron chi connectivity index (χ3n) is 7.61. The molecule has 44 heavy (non-hydrogen) atoms. The lowest BCUT2D eigenvalue weighted by Crippen LogP contribution is -1.91. The number of phenols is 2. The molecule has 0 atom stereocenters. The van der Waals surface area contributed by atoms with Crippen LogP contribution in [0.25, 0.3) is 63.1 Å². The predicted molar refractivity (Wildman–Crippen MR) is 184 cm³/mol. The van der Waals surface area contributed by atoms with E-state index in [2.05, 4.69) is 10.2 Å². The summed E-state index contributed by atoms with van der Waals surface area (Å²) in [5.74, 6) is 0.181. The highest BCUT2D eigenvalue weighted by Gasteiger charge is 2.18. The Labute approximate surface area is 259 Å². The van der Waals surface area contributed by atoms with Gasteiger partial charge in [-0.25, -0.2) is 9.97 Å².